The molecule has 168 valence electrons. The molecule has 32 heavy (non-hydrogen) atoms. The van der Waals surface area contributed by atoms with Crippen molar-refractivity contribution in [1.29, 1.82) is 0 Å². The molecule has 2 heterocycles. The average molecular weight is 438 g/mol. The van der Waals surface area contributed by atoms with Crippen molar-refractivity contribution < 1.29 is 24.1 Å². The maximum atomic E-state index is 13.3. The van der Waals surface area contributed by atoms with Gasteiger partial charge in [-0.15, -0.1) is 0 Å². The zero-order valence-electron chi connectivity index (χ0n) is 18.5. The number of ether oxygens (including phenoxy) is 3. The van der Waals surface area contributed by atoms with E-state index in [0.29, 0.717) is 47.2 Å². The van der Waals surface area contributed by atoms with E-state index in [1.807, 2.05) is 25.1 Å². The molecule has 8 nitrogen and oxygen atoms in total. The Morgan fingerprint density at radius 3 is 2.47 bits per heavy atom. The monoisotopic (exact) mass is 438 g/mol. The van der Waals surface area contributed by atoms with Crippen LogP contribution in [0.25, 0.3) is 18.2 Å². The summed E-state index contributed by atoms with van der Waals surface area (Å²) in [7, 11) is 4.65. The Morgan fingerprint density at radius 1 is 1.22 bits per heavy atom. The number of methoxy groups -OCH3 is 3. The van der Waals surface area contributed by atoms with Gasteiger partial charge in [0.2, 0.25) is 5.75 Å². The van der Waals surface area contributed by atoms with Gasteiger partial charge >= 0.3 is 5.97 Å². The molecule has 1 aromatic heterocycles. The van der Waals surface area contributed by atoms with Gasteiger partial charge in [0.05, 0.1) is 33.1 Å². The number of carboxylic acid groups (broad SMARTS) is 1. The van der Waals surface area contributed by atoms with Crippen LogP contribution in [0, 0.1) is 5.41 Å². The first-order chi connectivity index (χ1) is 15.4. The van der Waals surface area contributed by atoms with Crippen molar-refractivity contribution in [3.63, 3.8) is 0 Å². The number of nitrogens with zero attached hydrogens (tertiary/aromatic N) is 2. The molecule has 1 aromatic carbocycles. The van der Waals surface area contributed by atoms with Gasteiger partial charge in [0.1, 0.15) is 11.2 Å². The lowest BCUT2D eigenvalue weighted by Crippen LogP contribution is -2.32. The highest BCUT2D eigenvalue weighted by molar-refractivity contribution is 5.84. The van der Waals surface area contributed by atoms with Crippen molar-refractivity contribution in [1.82, 2.24) is 9.55 Å². The Kier molecular flexibility index (Phi) is 5.54. The van der Waals surface area contributed by atoms with Crippen LogP contribution in [-0.4, -0.2) is 42.0 Å². The van der Waals surface area contributed by atoms with E-state index in [1.165, 1.54) is 0 Å². The van der Waals surface area contributed by atoms with E-state index in [4.69, 9.17) is 19.2 Å². The van der Waals surface area contributed by atoms with Gasteiger partial charge in [0.25, 0.3) is 5.56 Å². The van der Waals surface area contributed by atoms with E-state index in [9.17, 15) is 14.7 Å². The second-order valence-electron chi connectivity index (χ2n) is 7.95. The van der Waals surface area contributed by atoms with Gasteiger partial charge in [-0.05, 0) is 42.7 Å². The number of carboxylic acids is 1. The number of hydrogen-bond donors (Lipinski definition) is 1. The summed E-state index contributed by atoms with van der Waals surface area (Å²) in [6, 6.07) is 3.26. The molecule has 2 aromatic rings. The third kappa shape index (κ3) is 3.36. The van der Waals surface area contributed by atoms with Gasteiger partial charge < -0.3 is 19.3 Å². The highest BCUT2D eigenvalue weighted by atomic mass is 16.5. The minimum atomic E-state index is -0.977. The second kappa shape index (κ2) is 8.18. The highest BCUT2D eigenvalue weighted by Crippen LogP contribution is 2.59. The van der Waals surface area contributed by atoms with Gasteiger partial charge in [-0.1, -0.05) is 25.5 Å². The molecule has 0 radical (unpaired) electrons. The summed E-state index contributed by atoms with van der Waals surface area (Å²) in [5, 5.41) is 9.59. The van der Waals surface area contributed by atoms with Crippen LogP contribution in [-0.2, 0) is 11.2 Å². The fourth-order valence-electron chi connectivity index (χ4n) is 4.30. The minimum absolute atomic E-state index is 0.168. The number of hydrogen-bond acceptors (Lipinski definition) is 6. The predicted octanol–water partition coefficient (Wildman–Crippen LogP) is 3.43. The number of fused-ring (bicyclic) bond motifs is 3. The number of rotatable bonds is 8. The smallest absolute Gasteiger partial charge is 0.315 e. The lowest BCUT2D eigenvalue weighted by Gasteiger charge is -2.19. The normalized spacial score (nSPS) is 20.6. The highest BCUT2D eigenvalue weighted by Gasteiger charge is 2.62. The van der Waals surface area contributed by atoms with Gasteiger partial charge in [-0.2, -0.15) is 0 Å². The molecule has 2 unspecified atom stereocenters. The zero-order chi connectivity index (χ0) is 23.0. The third-order valence-electron chi connectivity index (χ3n) is 6.09. The second-order valence-corrected chi connectivity index (χ2v) is 7.95. The van der Waals surface area contributed by atoms with Crippen molar-refractivity contribution in [3.8, 4) is 17.2 Å². The van der Waals surface area contributed by atoms with Crippen LogP contribution in [0.2, 0.25) is 0 Å². The van der Waals surface area contributed by atoms with Gasteiger partial charge in [-0.3, -0.25) is 14.2 Å². The number of aromatic nitrogens is 2. The molecule has 0 bridgehead atoms. The summed E-state index contributed by atoms with van der Waals surface area (Å²) in [4.78, 5) is 29.7. The van der Waals surface area contributed by atoms with Crippen LogP contribution in [0.3, 0.4) is 0 Å². The molecular weight excluding hydrogens is 412 g/mol. The number of carbonyl (C=O) groups is 1. The van der Waals surface area contributed by atoms with Crippen LogP contribution >= 0.6 is 0 Å². The first-order valence-electron chi connectivity index (χ1n) is 10.5. The van der Waals surface area contributed by atoms with Crippen LogP contribution in [0.1, 0.15) is 48.5 Å². The lowest BCUT2D eigenvalue weighted by molar-refractivity contribution is -0.141. The molecule has 0 saturated heterocycles. The summed E-state index contributed by atoms with van der Waals surface area (Å²) >= 11 is 0. The van der Waals surface area contributed by atoms with E-state index in [2.05, 4.69) is 0 Å². The van der Waals surface area contributed by atoms with Crippen molar-refractivity contribution in [3.05, 3.63) is 51.2 Å². The standard InChI is InChI=1S/C24H26N2O6/c1-5-6-15-16(8-7-14-11-17(30-2)21(32-4)18(12-14)31-3)25-20-9-10-24(23(28)29)13-19(24)26(20)22(15)27/h7-12,19H,5-6,13H2,1-4H3,(H,28,29)/b8-7+. The molecule has 4 rings (SSSR count). The van der Waals surface area contributed by atoms with Crippen LogP contribution < -0.4 is 19.8 Å². The summed E-state index contributed by atoms with van der Waals surface area (Å²) in [6.07, 6.45) is 8.68. The maximum absolute atomic E-state index is 13.3. The van der Waals surface area contributed by atoms with Crippen molar-refractivity contribution in [2.75, 3.05) is 21.3 Å². The quantitative estimate of drug-likeness (QED) is 0.674. The fraction of sp³-hybridized carbons (Fsp3) is 0.375. The fourth-order valence-corrected chi connectivity index (χ4v) is 4.30. The first kappa shape index (κ1) is 21.7. The molecule has 2 aliphatic rings. The lowest BCUT2D eigenvalue weighted by atomic mass is 10.0. The van der Waals surface area contributed by atoms with E-state index < -0.39 is 11.4 Å². The summed E-state index contributed by atoms with van der Waals surface area (Å²) in [5.41, 5.74) is 0.810. The summed E-state index contributed by atoms with van der Waals surface area (Å²) < 4.78 is 17.7. The molecule has 1 aliphatic heterocycles. The summed E-state index contributed by atoms with van der Waals surface area (Å²) in [6.45, 7) is 1.99. The zero-order valence-corrected chi connectivity index (χ0v) is 18.5. The van der Waals surface area contributed by atoms with Crippen LogP contribution in [0.4, 0.5) is 0 Å². The topological polar surface area (TPSA) is 99.9 Å². The van der Waals surface area contributed by atoms with E-state index in [1.54, 1.807) is 44.1 Å². The van der Waals surface area contributed by atoms with Crippen molar-refractivity contribution in [2.24, 2.45) is 5.41 Å². The third-order valence-corrected chi connectivity index (χ3v) is 6.09. The van der Waals surface area contributed by atoms with E-state index in [-0.39, 0.29) is 11.6 Å². The Bertz CT molecular complexity index is 1170. The van der Waals surface area contributed by atoms with Crippen LogP contribution in [0.15, 0.2) is 23.0 Å². The Labute approximate surface area is 185 Å². The van der Waals surface area contributed by atoms with E-state index >= 15 is 0 Å². The molecule has 2 atom stereocenters. The van der Waals surface area contributed by atoms with Gasteiger partial charge in [-0.25, -0.2) is 4.98 Å². The molecule has 0 amide bonds. The predicted molar refractivity (Wildman–Crippen MR) is 120 cm³/mol. The molecule has 0 spiro atoms. The largest absolute Gasteiger partial charge is 0.493 e. The van der Waals surface area contributed by atoms with Crippen molar-refractivity contribution >= 4 is 24.2 Å². The summed E-state index contributed by atoms with van der Waals surface area (Å²) in [5.74, 6) is 1.14. The maximum Gasteiger partial charge on any atom is 0.315 e. The SMILES string of the molecule is CCCc1c(/C=C/c2cc(OC)c(OC)c(OC)c2)nc2n(c1=O)C1CC1(C(=O)O)C=C2. The first-order valence-corrected chi connectivity index (χ1v) is 10.5. The molecule has 1 N–H and O–H groups in total. The van der Waals surface area contributed by atoms with E-state index in [0.717, 1.165) is 12.0 Å². The van der Waals surface area contributed by atoms with Gasteiger partial charge in [0, 0.05) is 5.56 Å². The molecule has 1 fully saturated rings. The Balaban J connectivity index is 1.78. The number of aliphatic carboxylic acids is 1. The average Bonchev–Trinajstić information content (AvgIpc) is 3.55. The molecule has 1 saturated carbocycles. The minimum Gasteiger partial charge on any atom is -0.493 e. The Hall–Kier alpha value is -3.55. The molecular formula is C24H26N2O6. The van der Waals surface area contributed by atoms with Crippen molar-refractivity contribution in [2.45, 2.75) is 32.2 Å². The van der Waals surface area contributed by atoms with Crippen LogP contribution in [0.5, 0.6) is 17.2 Å². The Morgan fingerprint density at radius 2 is 1.91 bits per heavy atom. The molecule has 8 heteroatoms. The molecule has 1 aliphatic carbocycles. The van der Waals surface area contributed by atoms with Gasteiger partial charge in [0.15, 0.2) is 11.5 Å². The number of benzene rings is 1.